The van der Waals surface area contributed by atoms with E-state index in [0.717, 1.165) is 39.5 Å². The molecule has 0 saturated heterocycles. The zero-order chi connectivity index (χ0) is 16.7. The number of esters is 3. The monoisotopic (exact) mass is 311 g/mol. The van der Waals surface area contributed by atoms with Crippen molar-refractivity contribution in [2.45, 2.75) is 0 Å². The first-order valence-electron chi connectivity index (χ1n) is 5.95. The van der Waals surface area contributed by atoms with Crippen LogP contribution < -0.4 is 5.32 Å². The molecule has 0 unspecified atom stereocenters. The molecule has 0 bridgehead atoms. The van der Waals surface area contributed by atoms with E-state index in [1.165, 1.54) is 6.07 Å². The third-order valence-corrected chi connectivity index (χ3v) is 2.52. The number of benzene rings is 1. The van der Waals surface area contributed by atoms with Gasteiger partial charge in [-0.05, 0) is 18.2 Å². The molecule has 0 amide bonds. The number of anilines is 1. The molecule has 0 heterocycles. The molecule has 0 aromatic heterocycles. The van der Waals surface area contributed by atoms with Crippen LogP contribution >= 0.6 is 0 Å². The summed E-state index contributed by atoms with van der Waals surface area (Å²) in [5.41, 5.74) is -0.416. The van der Waals surface area contributed by atoms with Crippen molar-refractivity contribution in [3.05, 3.63) is 41.4 Å². The van der Waals surface area contributed by atoms with E-state index in [-0.39, 0.29) is 16.9 Å². The van der Waals surface area contributed by atoms with E-state index in [2.05, 4.69) is 19.5 Å². The topological polar surface area (TPSA) is 90.9 Å². The van der Waals surface area contributed by atoms with Gasteiger partial charge in [-0.2, -0.15) is 0 Å². The molecule has 0 atom stereocenters. The summed E-state index contributed by atoms with van der Waals surface area (Å²) in [6, 6.07) is 3.20. The molecule has 0 aliphatic heterocycles. The average molecular weight is 311 g/mol. The summed E-state index contributed by atoms with van der Waals surface area (Å²) in [5.74, 6) is -3.13. The summed E-state index contributed by atoms with van der Waals surface area (Å²) in [5, 5.41) is 2.46. The highest BCUT2D eigenvalue weighted by molar-refractivity contribution is 6.01. The van der Waals surface area contributed by atoms with Gasteiger partial charge in [-0.3, -0.25) is 0 Å². The molecule has 1 N–H and O–H groups in total. The lowest BCUT2D eigenvalue weighted by atomic mass is 10.1. The van der Waals surface area contributed by atoms with Crippen LogP contribution in [0.1, 0.15) is 10.4 Å². The third-order valence-electron chi connectivity index (χ3n) is 2.52. The van der Waals surface area contributed by atoms with Gasteiger partial charge in [0.2, 0.25) is 0 Å². The van der Waals surface area contributed by atoms with E-state index < -0.39 is 23.7 Å². The Morgan fingerprint density at radius 3 is 2.32 bits per heavy atom. The zero-order valence-electron chi connectivity index (χ0n) is 12.1. The highest BCUT2D eigenvalue weighted by Crippen LogP contribution is 2.20. The number of nitrogens with one attached hydrogen (secondary N) is 1. The van der Waals surface area contributed by atoms with Gasteiger partial charge < -0.3 is 19.5 Å². The van der Waals surface area contributed by atoms with Crippen molar-refractivity contribution < 1.29 is 33.0 Å². The van der Waals surface area contributed by atoms with Crippen LogP contribution in [-0.2, 0) is 23.8 Å². The molecular weight excluding hydrogens is 297 g/mol. The number of rotatable bonds is 5. The van der Waals surface area contributed by atoms with Gasteiger partial charge in [0.15, 0.2) is 0 Å². The predicted molar refractivity (Wildman–Crippen MR) is 73.5 cm³/mol. The Morgan fingerprint density at radius 1 is 1.09 bits per heavy atom. The first-order chi connectivity index (χ1) is 10.4. The molecule has 1 aromatic carbocycles. The standard InChI is InChI=1S/C14H14FNO6/c1-20-12(17)7-11(14(19)22-3)16-10-6-8(15)4-5-9(10)13(18)21-2/h4-7,16H,1-3H3/b11-7+. The van der Waals surface area contributed by atoms with Crippen molar-refractivity contribution in [3.63, 3.8) is 0 Å². The molecule has 0 aliphatic rings. The molecule has 0 spiro atoms. The van der Waals surface area contributed by atoms with Crippen LogP contribution in [0.4, 0.5) is 10.1 Å². The molecule has 1 rings (SSSR count). The Labute approximate surface area is 125 Å². The van der Waals surface area contributed by atoms with E-state index in [1.807, 2.05) is 0 Å². The van der Waals surface area contributed by atoms with Crippen LogP contribution in [0.5, 0.6) is 0 Å². The molecule has 7 nitrogen and oxygen atoms in total. The van der Waals surface area contributed by atoms with Gasteiger partial charge >= 0.3 is 17.9 Å². The van der Waals surface area contributed by atoms with Crippen LogP contribution in [0, 0.1) is 5.82 Å². The lowest BCUT2D eigenvalue weighted by Gasteiger charge is -2.12. The fraction of sp³-hybridized carbons (Fsp3) is 0.214. The number of hydrogen-bond donors (Lipinski definition) is 1. The summed E-state index contributed by atoms with van der Waals surface area (Å²) in [6.07, 6.45) is 0.817. The van der Waals surface area contributed by atoms with Gasteiger partial charge in [0.05, 0.1) is 38.7 Å². The molecule has 0 aliphatic carbocycles. The summed E-state index contributed by atoms with van der Waals surface area (Å²) >= 11 is 0. The maximum Gasteiger partial charge on any atom is 0.354 e. The highest BCUT2D eigenvalue weighted by atomic mass is 19.1. The Morgan fingerprint density at radius 2 is 1.77 bits per heavy atom. The van der Waals surface area contributed by atoms with Crippen LogP contribution in [0.2, 0.25) is 0 Å². The summed E-state index contributed by atoms with van der Waals surface area (Å²) < 4.78 is 26.8. The fourth-order valence-corrected chi connectivity index (χ4v) is 1.49. The maximum atomic E-state index is 13.4. The van der Waals surface area contributed by atoms with Gasteiger partial charge in [-0.25, -0.2) is 18.8 Å². The lowest BCUT2D eigenvalue weighted by molar-refractivity contribution is -0.138. The second-order valence-electron chi connectivity index (χ2n) is 3.88. The van der Waals surface area contributed by atoms with Gasteiger partial charge in [-0.1, -0.05) is 0 Å². The van der Waals surface area contributed by atoms with Crippen LogP contribution in [0.15, 0.2) is 30.0 Å². The first-order valence-corrected chi connectivity index (χ1v) is 5.95. The molecule has 22 heavy (non-hydrogen) atoms. The van der Waals surface area contributed by atoms with Gasteiger partial charge in [-0.15, -0.1) is 0 Å². The van der Waals surface area contributed by atoms with Crippen molar-refractivity contribution in [3.8, 4) is 0 Å². The largest absolute Gasteiger partial charge is 0.466 e. The lowest BCUT2D eigenvalue weighted by Crippen LogP contribution is -2.17. The molecule has 0 radical (unpaired) electrons. The number of ether oxygens (including phenoxy) is 3. The Balaban J connectivity index is 3.26. The summed E-state index contributed by atoms with van der Waals surface area (Å²) in [6.45, 7) is 0. The minimum absolute atomic E-state index is 0.0245. The van der Waals surface area contributed by atoms with E-state index in [9.17, 15) is 18.8 Å². The second-order valence-corrected chi connectivity index (χ2v) is 3.88. The quantitative estimate of drug-likeness (QED) is 0.497. The van der Waals surface area contributed by atoms with Crippen molar-refractivity contribution >= 4 is 23.6 Å². The normalized spacial score (nSPS) is 10.6. The SMILES string of the molecule is COC(=O)/C=C(/Nc1cc(F)ccc1C(=O)OC)C(=O)OC. The summed E-state index contributed by atoms with van der Waals surface area (Å²) in [4.78, 5) is 34.5. The van der Waals surface area contributed by atoms with Crippen LogP contribution in [0.3, 0.4) is 0 Å². The van der Waals surface area contributed by atoms with E-state index in [4.69, 9.17) is 0 Å². The number of carbonyl (C=O) groups is 3. The van der Waals surface area contributed by atoms with E-state index in [0.29, 0.717) is 0 Å². The van der Waals surface area contributed by atoms with E-state index >= 15 is 0 Å². The Bertz CT molecular complexity index is 626. The zero-order valence-corrected chi connectivity index (χ0v) is 12.1. The van der Waals surface area contributed by atoms with Crippen LogP contribution in [-0.4, -0.2) is 39.2 Å². The first kappa shape index (κ1) is 17.2. The molecule has 0 saturated carbocycles. The van der Waals surface area contributed by atoms with Crippen molar-refractivity contribution in [1.29, 1.82) is 0 Å². The smallest absolute Gasteiger partial charge is 0.354 e. The third kappa shape index (κ3) is 4.30. The molecule has 8 heteroatoms. The number of carbonyl (C=O) groups excluding carboxylic acids is 3. The number of methoxy groups -OCH3 is 3. The van der Waals surface area contributed by atoms with Gasteiger partial charge in [0, 0.05) is 0 Å². The Hall–Kier alpha value is -2.90. The average Bonchev–Trinajstić information content (AvgIpc) is 2.52. The van der Waals surface area contributed by atoms with Crippen molar-refractivity contribution in [1.82, 2.24) is 0 Å². The second kappa shape index (κ2) is 7.77. The minimum Gasteiger partial charge on any atom is -0.466 e. The highest BCUT2D eigenvalue weighted by Gasteiger charge is 2.18. The molecule has 118 valence electrons. The van der Waals surface area contributed by atoms with Crippen LogP contribution in [0.25, 0.3) is 0 Å². The fourth-order valence-electron chi connectivity index (χ4n) is 1.49. The van der Waals surface area contributed by atoms with E-state index in [1.54, 1.807) is 0 Å². The van der Waals surface area contributed by atoms with Crippen molar-refractivity contribution in [2.75, 3.05) is 26.6 Å². The van der Waals surface area contributed by atoms with Gasteiger partial charge in [0.25, 0.3) is 0 Å². The summed E-state index contributed by atoms with van der Waals surface area (Å²) in [7, 11) is 3.37. The maximum absolute atomic E-state index is 13.4. The molecule has 1 aromatic rings. The molecule has 0 fully saturated rings. The minimum atomic E-state index is -0.898. The number of hydrogen-bond acceptors (Lipinski definition) is 7. The van der Waals surface area contributed by atoms with Gasteiger partial charge in [0.1, 0.15) is 11.5 Å². The predicted octanol–water partition coefficient (Wildman–Crippen LogP) is 1.25. The Kier molecular flexibility index (Phi) is 6.06. The molecular formula is C14H14FNO6. The van der Waals surface area contributed by atoms with Crippen molar-refractivity contribution in [2.24, 2.45) is 0 Å². The number of halogens is 1.